The highest BCUT2D eigenvalue weighted by Crippen LogP contribution is 2.25. The van der Waals surface area contributed by atoms with Gasteiger partial charge < -0.3 is 10.5 Å². The zero-order valence-electron chi connectivity index (χ0n) is 11.3. The van der Waals surface area contributed by atoms with Gasteiger partial charge in [0.1, 0.15) is 17.9 Å². The number of nitrogens with two attached hydrogens (primary N) is 1. The third-order valence-electron chi connectivity index (χ3n) is 3.26. The van der Waals surface area contributed by atoms with Crippen LogP contribution in [-0.4, -0.2) is 4.98 Å². The molecule has 0 amide bonds. The zero-order valence-corrected chi connectivity index (χ0v) is 11.3. The molecule has 0 bridgehead atoms. The fraction of sp³-hybridized carbons (Fsp3) is 0.118. The number of para-hydroxylation sites is 2. The summed E-state index contributed by atoms with van der Waals surface area (Å²) >= 11 is 0. The number of hydrogen-bond donors (Lipinski definition) is 1. The summed E-state index contributed by atoms with van der Waals surface area (Å²) in [4.78, 5) is 4.55. The number of ether oxygens (including phenoxy) is 1. The Morgan fingerprint density at radius 2 is 1.85 bits per heavy atom. The Morgan fingerprint density at radius 3 is 2.70 bits per heavy atom. The summed E-state index contributed by atoms with van der Waals surface area (Å²) in [5.74, 6) is 0.787. The minimum Gasteiger partial charge on any atom is -0.487 e. The maximum atomic E-state index is 5.93. The SMILES string of the molecule is Cc1ccc2cccc(OCc3ccccc3N)c2n1. The summed E-state index contributed by atoms with van der Waals surface area (Å²) in [6, 6.07) is 17.7. The van der Waals surface area contributed by atoms with Gasteiger partial charge in [0, 0.05) is 22.3 Å². The molecule has 0 saturated carbocycles. The Labute approximate surface area is 118 Å². The molecule has 0 saturated heterocycles. The summed E-state index contributed by atoms with van der Waals surface area (Å²) in [5.41, 5.74) is 9.53. The number of benzene rings is 2. The summed E-state index contributed by atoms with van der Waals surface area (Å²) < 4.78 is 5.90. The molecule has 2 N–H and O–H groups in total. The monoisotopic (exact) mass is 264 g/mol. The molecule has 0 fully saturated rings. The van der Waals surface area contributed by atoms with Crippen LogP contribution in [0.2, 0.25) is 0 Å². The van der Waals surface area contributed by atoms with Gasteiger partial charge in [-0.3, -0.25) is 0 Å². The molecule has 0 atom stereocenters. The van der Waals surface area contributed by atoms with E-state index >= 15 is 0 Å². The minimum absolute atomic E-state index is 0.446. The van der Waals surface area contributed by atoms with Gasteiger partial charge in [-0.15, -0.1) is 0 Å². The average molecular weight is 264 g/mol. The van der Waals surface area contributed by atoms with Crippen LogP contribution < -0.4 is 10.5 Å². The first-order valence-corrected chi connectivity index (χ1v) is 6.56. The van der Waals surface area contributed by atoms with Crippen molar-refractivity contribution < 1.29 is 4.74 Å². The Balaban J connectivity index is 1.91. The van der Waals surface area contributed by atoms with Crippen molar-refractivity contribution in [2.75, 3.05) is 5.73 Å². The molecule has 3 heteroatoms. The van der Waals surface area contributed by atoms with Crippen molar-refractivity contribution in [3.05, 3.63) is 65.9 Å². The number of pyridine rings is 1. The van der Waals surface area contributed by atoms with Crippen LogP contribution in [0.5, 0.6) is 5.75 Å². The maximum Gasteiger partial charge on any atom is 0.146 e. The van der Waals surface area contributed by atoms with Crippen molar-refractivity contribution in [1.29, 1.82) is 0 Å². The molecule has 20 heavy (non-hydrogen) atoms. The number of nitrogens with zero attached hydrogens (tertiary/aromatic N) is 1. The van der Waals surface area contributed by atoms with Gasteiger partial charge in [0.05, 0.1) is 0 Å². The van der Waals surface area contributed by atoms with Gasteiger partial charge >= 0.3 is 0 Å². The molecular weight excluding hydrogens is 248 g/mol. The second kappa shape index (κ2) is 5.21. The molecule has 1 aromatic heterocycles. The molecule has 0 radical (unpaired) electrons. The van der Waals surface area contributed by atoms with Gasteiger partial charge in [-0.1, -0.05) is 36.4 Å². The van der Waals surface area contributed by atoms with Crippen molar-refractivity contribution in [1.82, 2.24) is 4.98 Å². The van der Waals surface area contributed by atoms with Gasteiger partial charge in [0.2, 0.25) is 0 Å². The van der Waals surface area contributed by atoms with Gasteiger partial charge in [-0.05, 0) is 25.1 Å². The molecule has 0 aliphatic carbocycles. The van der Waals surface area contributed by atoms with Crippen LogP contribution in [0.4, 0.5) is 5.69 Å². The Kier molecular flexibility index (Phi) is 3.25. The van der Waals surface area contributed by atoms with Crippen LogP contribution in [0.1, 0.15) is 11.3 Å². The summed E-state index contributed by atoms with van der Waals surface area (Å²) in [6.45, 7) is 2.42. The lowest BCUT2D eigenvalue weighted by atomic mass is 10.2. The van der Waals surface area contributed by atoms with Crippen molar-refractivity contribution in [3.8, 4) is 5.75 Å². The number of nitrogen functional groups attached to an aromatic ring is 1. The number of aromatic nitrogens is 1. The quantitative estimate of drug-likeness (QED) is 0.734. The van der Waals surface area contributed by atoms with Crippen LogP contribution in [0.15, 0.2) is 54.6 Å². The highest BCUT2D eigenvalue weighted by Gasteiger charge is 2.05. The lowest BCUT2D eigenvalue weighted by Crippen LogP contribution is -2.00. The summed E-state index contributed by atoms with van der Waals surface area (Å²) in [6.07, 6.45) is 0. The predicted molar refractivity (Wildman–Crippen MR) is 81.7 cm³/mol. The number of hydrogen-bond acceptors (Lipinski definition) is 3. The molecular formula is C17H16N2O. The zero-order chi connectivity index (χ0) is 13.9. The fourth-order valence-electron chi connectivity index (χ4n) is 2.16. The van der Waals surface area contributed by atoms with Crippen molar-refractivity contribution in [2.24, 2.45) is 0 Å². The van der Waals surface area contributed by atoms with E-state index in [2.05, 4.69) is 11.1 Å². The number of fused-ring (bicyclic) bond motifs is 1. The molecule has 0 aliphatic heterocycles. The smallest absolute Gasteiger partial charge is 0.146 e. The van der Waals surface area contributed by atoms with E-state index in [1.165, 1.54) is 0 Å². The number of aryl methyl sites for hydroxylation is 1. The molecule has 1 heterocycles. The molecule has 3 rings (SSSR count). The second-order valence-electron chi connectivity index (χ2n) is 4.77. The fourth-order valence-corrected chi connectivity index (χ4v) is 2.16. The molecule has 2 aromatic carbocycles. The average Bonchev–Trinajstić information content (AvgIpc) is 2.46. The van der Waals surface area contributed by atoms with Gasteiger partial charge in [-0.25, -0.2) is 4.98 Å². The largest absolute Gasteiger partial charge is 0.487 e. The third kappa shape index (κ3) is 2.43. The van der Waals surface area contributed by atoms with Gasteiger partial charge in [0.25, 0.3) is 0 Å². The van der Waals surface area contributed by atoms with E-state index in [0.717, 1.165) is 33.6 Å². The van der Waals surface area contributed by atoms with Gasteiger partial charge in [0.15, 0.2) is 0 Å². The minimum atomic E-state index is 0.446. The lowest BCUT2D eigenvalue weighted by Gasteiger charge is -2.10. The predicted octanol–water partition coefficient (Wildman–Crippen LogP) is 3.70. The van der Waals surface area contributed by atoms with Crippen LogP contribution in [-0.2, 0) is 6.61 Å². The lowest BCUT2D eigenvalue weighted by molar-refractivity contribution is 0.310. The van der Waals surface area contributed by atoms with Crippen LogP contribution in [0.25, 0.3) is 10.9 Å². The van der Waals surface area contributed by atoms with Crippen LogP contribution >= 0.6 is 0 Å². The van der Waals surface area contributed by atoms with Gasteiger partial charge in [-0.2, -0.15) is 0 Å². The molecule has 0 unspecified atom stereocenters. The molecule has 0 aliphatic rings. The van der Waals surface area contributed by atoms with E-state index in [1.807, 2.05) is 55.5 Å². The topological polar surface area (TPSA) is 48.1 Å². The summed E-state index contributed by atoms with van der Waals surface area (Å²) in [5, 5.41) is 1.08. The second-order valence-corrected chi connectivity index (χ2v) is 4.77. The molecule has 100 valence electrons. The first kappa shape index (κ1) is 12.5. The number of anilines is 1. The van der Waals surface area contributed by atoms with Crippen molar-refractivity contribution in [2.45, 2.75) is 13.5 Å². The summed E-state index contributed by atoms with van der Waals surface area (Å²) in [7, 11) is 0. The van der Waals surface area contributed by atoms with E-state index in [4.69, 9.17) is 10.5 Å². The Hall–Kier alpha value is -2.55. The van der Waals surface area contributed by atoms with Crippen molar-refractivity contribution in [3.63, 3.8) is 0 Å². The van der Waals surface area contributed by atoms with E-state index in [0.29, 0.717) is 6.61 Å². The van der Waals surface area contributed by atoms with E-state index in [-0.39, 0.29) is 0 Å². The Bertz CT molecular complexity index is 753. The molecule has 0 spiro atoms. The first-order chi connectivity index (χ1) is 9.74. The normalized spacial score (nSPS) is 10.7. The van der Waals surface area contributed by atoms with Crippen LogP contribution in [0.3, 0.4) is 0 Å². The molecule has 3 nitrogen and oxygen atoms in total. The van der Waals surface area contributed by atoms with E-state index < -0.39 is 0 Å². The third-order valence-corrected chi connectivity index (χ3v) is 3.26. The maximum absolute atomic E-state index is 5.93. The highest BCUT2D eigenvalue weighted by molar-refractivity contribution is 5.84. The van der Waals surface area contributed by atoms with E-state index in [9.17, 15) is 0 Å². The first-order valence-electron chi connectivity index (χ1n) is 6.56. The van der Waals surface area contributed by atoms with Crippen molar-refractivity contribution >= 4 is 16.6 Å². The van der Waals surface area contributed by atoms with Crippen LogP contribution in [0, 0.1) is 6.92 Å². The Morgan fingerprint density at radius 1 is 1.00 bits per heavy atom. The molecule has 3 aromatic rings. The number of rotatable bonds is 3. The highest BCUT2D eigenvalue weighted by atomic mass is 16.5. The van der Waals surface area contributed by atoms with E-state index in [1.54, 1.807) is 0 Å². The standard InChI is InChI=1S/C17H16N2O/c1-12-9-10-13-6-4-8-16(17(13)19-12)20-11-14-5-2-3-7-15(14)18/h2-10H,11,18H2,1H3.